The molecule has 2 rings (SSSR count). The van der Waals surface area contributed by atoms with Crippen molar-refractivity contribution in [2.75, 3.05) is 0 Å². The summed E-state index contributed by atoms with van der Waals surface area (Å²) in [4.78, 5) is 4.10. The average Bonchev–Trinajstić information content (AvgIpc) is 2.68. The van der Waals surface area contributed by atoms with Crippen LogP contribution in [0.1, 0.15) is 18.2 Å². The Hall–Kier alpha value is -0.800. The summed E-state index contributed by atoms with van der Waals surface area (Å²) < 4.78 is 6.55. The minimum Gasteiger partial charge on any atom is -0.439 e. The molecule has 1 aromatic carbocycles. The maximum atomic E-state index is 5.87. The molecular weight excluding hydrogens is 277 g/mol. The number of oxazole rings is 1. The Morgan fingerprint density at radius 1 is 1.33 bits per heavy atom. The molecule has 0 aliphatic carbocycles. The topological polar surface area (TPSA) is 26.0 Å². The van der Waals surface area contributed by atoms with Crippen LogP contribution in [0.15, 0.2) is 39.4 Å². The zero-order valence-electron chi connectivity index (χ0n) is 8.08. The molecule has 2 nitrogen and oxygen atoms in total. The maximum absolute atomic E-state index is 5.87. The monoisotopic (exact) mass is 285 g/mol. The summed E-state index contributed by atoms with van der Waals surface area (Å²) in [6.07, 6.45) is 1.69. The lowest BCUT2D eigenvalue weighted by Gasteiger charge is -1.97. The van der Waals surface area contributed by atoms with Crippen LogP contribution in [0.25, 0.3) is 11.3 Å². The lowest BCUT2D eigenvalue weighted by molar-refractivity contribution is 0.508. The minimum atomic E-state index is -0.200. The molecule has 0 saturated carbocycles. The number of nitrogens with zero attached hydrogens (tertiary/aromatic N) is 1. The third kappa shape index (κ3) is 2.41. The summed E-state index contributed by atoms with van der Waals surface area (Å²) in [6, 6.07) is 7.85. The second-order valence-corrected chi connectivity index (χ2v) is 4.76. The van der Waals surface area contributed by atoms with Crippen molar-refractivity contribution in [1.82, 2.24) is 4.98 Å². The van der Waals surface area contributed by atoms with Gasteiger partial charge in [0.2, 0.25) is 5.89 Å². The van der Waals surface area contributed by atoms with E-state index in [4.69, 9.17) is 16.0 Å². The molecule has 1 atom stereocenters. The van der Waals surface area contributed by atoms with Crippen molar-refractivity contribution in [2.24, 2.45) is 0 Å². The number of hydrogen-bond donors (Lipinski definition) is 0. The van der Waals surface area contributed by atoms with Crippen LogP contribution in [0.5, 0.6) is 0 Å². The van der Waals surface area contributed by atoms with Crippen LogP contribution in [-0.2, 0) is 0 Å². The molecule has 78 valence electrons. The van der Waals surface area contributed by atoms with E-state index >= 15 is 0 Å². The third-order valence-electron chi connectivity index (χ3n) is 1.99. The first kappa shape index (κ1) is 10.7. The molecule has 0 fully saturated rings. The molecule has 0 aliphatic rings. The minimum absolute atomic E-state index is 0.200. The van der Waals surface area contributed by atoms with Gasteiger partial charge in [-0.3, -0.25) is 0 Å². The van der Waals surface area contributed by atoms with Crippen molar-refractivity contribution in [1.29, 1.82) is 0 Å². The van der Waals surface area contributed by atoms with Crippen molar-refractivity contribution < 1.29 is 4.42 Å². The number of halogens is 2. The summed E-state index contributed by atoms with van der Waals surface area (Å²) in [6.45, 7) is 1.83. The largest absolute Gasteiger partial charge is 0.439 e. The zero-order chi connectivity index (χ0) is 10.8. The predicted octanol–water partition coefficient (Wildman–Crippen LogP) is 4.40. The van der Waals surface area contributed by atoms with Crippen LogP contribution in [-0.4, -0.2) is 4.98 Å². The molecule has 0 radical (unpaired) electrons. The number of rotatable bonds is 2. The summed E-state index contributed by atoms with van der Waals surface area (Å²) >= 11 is 9.24. The summed E-state index contributed by atoms with van der Waals surface area (Å²) in [5.74, 6) is 1.29. The van der Waals surface area contributed by atoms with Gasteiger partial charge in [0.05, 0.1) is 6.20 Å². The highest BCUT2D eigenvalue weighted by molar-refractivity contribution is 9.10. The standard InChI is InChI=1S/C11H9BrClNO/c1-7(13)11-14-6-10(15-11)8-2-4-9(12)5-3-8/h2-7H,1H3. The molecule has 0 spiro atoms. The van der Waals surface area contributed by atoms with Gasteiger partial charge in [0, 0.05) is 10.0 Å². The fourth-order valence-electron chi connectivity index (χ4n) is 1.22. The van der Waals surface area contributed by atoms with Gasteiger partial charge < -0.3 is 4.42 Å². The highest BCUT2D eigenvalue weighted by Gasteiger charge is 2.10. The Morgan fingerprint density at radius 2 is 2.00 bits per heavy atom. The second kappa shape index (κ2) is 4.37. The van der Waals surface area contributed by atoms with Crippen LogP contribution in [0, 0.1) is 0 Å². The molecule has 1 unspecified atom stereocenters. The van der Waals surface area contributed by atoms with Crippen molar-refractivity contribution >= 4 is 27.5 Å². The summed E-state index contributed by atoms with van der Waals surface area (Å²) in [7, 11) is 0. The van der Waals surface area contributed by atoms with Crippen LogP contribution in [0.3, 0.4) is 0 Å². The Morgan fingerprint density at radius 3 is 2.53 bits per heavy atom. The van der Waals surface area contributed by atoms with Crippen molar-refractivity contribution in [2.45, 2.75) is 12.3 Å². The van der Waals surface area contributed by atoms with Gasteiger partial charge in [0.1, 0.15) is 5.38 Å². The smallest absolute Gasteiger partial charge is 0.212 e. The first-order chi connectivity index (χ1) is 7.16. The quantitative estimate of drug-likeness (QED) is 0.765. The number of alkyl halides is 1. The molecular formula is C11H9BrClNO. The molecule has 4 heteroatoms. The van der Waals surface area contributed by atoms with Gasteiger partial charge in [-0.2, -0.15) is 0 Å². The Kier molecular flexibility index (Phi) is 3.12. The molecule has 0 bridgehead atoms. The zero-order valence-corrected chi connectivity index (χ0v) is 10.4. The van der Waals surface area contributed by atoms with Crippen molar-refractivity contribution in [3.8, 4) is 11.3 Å². The third-order valence-corrected chi connectivity index (χ3v) is 2.71. The summed E-state index contributed by atoms with van der Waals surface area (Å²) in [5, 5.41) is -0.200. The van der Waals surface area contributed by atoms with E-state index in [1.165, 1.54) is 0 Å². The van der Waals surface area contributed by atoms with Gasteiger partial charge in [-0.1, -0.05) is 28.1 Å². The Balaban J connectivity index is 2.33. The first-order valence-corrected chi connectivity index (χ1v) is 5.75. The second-order valence-electron chi connectivity index (χ2n) is 3.19. The lowest BCUT2D eigenvalue weighted by Crippen LogP contribution is -1.80. The maximum Gasteiger partial charge on any atom is 0.212 e. The van der Waals surface area contributed by atoms with Gasteiger partial charge in [-0.15, -0.1) is 11.6 Å². The van der Waals surface area contributed by atoms with Gasteiger partial charge in [-0.05, 0) is 19.1 Å². The fourth-order valence-corrected chi connectivity index (χ4v) is 1.58. The first-order valence-electron chi connectivity index (χ1n) is 4.52. The van der Waals surface area contributed by atoms with Crippen LogP contribution in [0.2, 0.25) is 0 Å². The van der Waals surface area contributed by atoms with Gasteiger partial charge in [-0.25, -0.2) is 4.98 Å². The highest BCUT2D eigenvalue weighted by atomic mass is 79.9. The van der Waals surface area contributed by atoms with E-state index in [1.54, 1.807) is 6.20 Å². The van der Waals surface area contributed by atoms with E-state index in [0.717, 1.165) is 15.8 Å². The average molecular weight is 287 g/mol. The van der Waals surface area contributed by atoms with Gasteiger partial charge >= 0.3 is 0 Å². The predicted molar refractivity (Wildman–Crippen MR) is 63.9 cm³/mol. The number of benzene rings is 1. The van der Waals surface area contributed by atoms with Gasteiger partial charge in [0.25, 0.3) is 0 Å². The molecule has 15 heavy (non-hydrogen) atoms. The van der Waals surface area contributed by atoms with Crippen molar-refractivity contribution in [3.05, 3.63) is 40.8 Å². The number of aromatic nitrogens is 1. The SMILES string of the molecule is CC(Cl)c1ncc(-c2ccc(Br)cc2)o1. The molecule has 1 heterocycles. The fraction of sp³-hybridized carbons (Fsp3) is 0.182. The van der Waals surface area contributed by atoms with E-state index < -0.39 is 0 Å². The van der Waals surface area contributed by atoms with Crippen LogP contribution < -0.4 is 0 Å². The van der Waals surface area contributed by atoms with E-state index in [9.17, 15) is 0 Å². The lowest BCUT2D eigenvalue weighted by atomic mass is 10.2. The highest BCUT2D eigenvalue weighted by Crippen LogP contribution is 2.26. The number of hydrogen-bond acceptors (Lipinski definition) is 2. The van der Waals surface area contributed by atoms with Gasteiger partial charge in [0.15, 0.2) is 5.76 Å². The molecule has 0 saturated heterocycles. The Bertz CT molecular complexity index is 450. The van der Waals surface area contributed by atoms with E-state index in [-0.39, 0.29) is 5.38 Å². The normalized spacial score (nSPS) is 12.7. The molecule has 2 aromatic rings. The summed E-state index contributed by atoms with van der Waals surface area (Å²) in [5.41, 5.74) is 0.995. The van der Waals surface area contributed by atoms with Crippen LogP contribution in [0.4, 0.5) is 0 Å². The Labute approximate surface area is 101 Å². The molecule has 1 aromatic heterocycles. The van der Waals surface area contributed by atoms with E-state index in [0.29, 0.717) is 5.89 Å². The van der Waals surface area contributed by atoms with E-state index in [1.807, 2.05) is 31.2 Å². The molecule has 0 N–H and O–H groups in total. The molecule has 0 amide bonds. The van der Waals surface area contributed by atoms with E-state index in [2.05, 4.69) is 20.9 Å². The van der Waals surface area contributed by atoms with Crippen molar-refractivity contribution in [3.63, 3.8) is 0 Å². The van der Waals surface area contributed by atoms with Crippen LogP contribution >= 0.6 is 27.5 Å². The molecule has 0 aliphatic heterocycles.